The molecule has 0 fully saturated rings. The van der Waals surface area contributed by atoms with Crippen molar-refractivity contribution >= 4 is 5.97 Å². The molecule has 2 aromatic heterocycles. The largest absolute Gasteiger partial charge is 0.467 e. The molecule has 0 bridgehead atoms. The Labute approximate surface area is 111 Å². The fourth-order valence-corrected chi connectivity index (χ4v) is 1.56. The van der Waals surface area contributed by atoms with Gasteiger partial charge in [-0.05, 0) is 25.0 Å². The molecule has 2 aromatic rings. The molecule has 2 heterocycles. The van der Waals surface area contributed by atoms with Crippen molar-refractivity contribution in [2.24, 2.45) is 5.92 Å². The molecule has 0 unspecified atom stereocenters. The second-order valence-electron chi connectivity index (χ2n) is 4.75. The summed E-state index contributed by atoms with van der Waals surface area (Å²) in [7, 11) is 0. The lowest BCUT2D eigenvalue weighted by Crippen LogP contribution is -2.12. The SMILES string of the molecule is Cc1c(C(=O)OCC(C)C)nnn1Cc1ccco1. The van der Waals surface area contributed by atoms with Gasteiger partial charge in [-0.25, -0.2) is 9.48 Å². The first-order chi connectivity index (χ1) is 9.08. The highest BCUT2D eigenvalue weighted by molar-refractivity contribution is 5.88. The van der Waals surface area contributed by atoms with E-state index >= 15 is 0 Å². The molecule has 0 aliphatic heterocycles. The average Bonchev–Trinajstić information content (AvgIpc) is 2.98. The van der Waals surface area contributed by atoms with Gasteiger partial charge in [-0.2, -0.15) is 0 Å². The molecule has 2 rings (SSSR count). The molecular formula is C13H17N3O3. The van der Waals surface area contributed by atoms with Crippen LogP contribution in [0.25, 0.3) is 0 Å². The first-order valence-corrected chi connectivity index (χ1v) is 6.17. The fraction of sp³-hybridized carbons (Fsp3) is 0.462. The molecule has 0 saturated carbocycles. The van der Waals surface area contributed by atoms with E-state index in [1.807, 2.05) is 19.9 Å². The summed E-state index contributed by atoms with van der Waals surface area (Å²) in [5, 5.41) is 7.82. The molecule has 19 heavy (non-hydrogen) atoms. The Balaban J connectivity index is 2.07. The van der Waals surface area contributed by atoms with E-state index in [2.05, 4.69) is 10.3 Å². The number of esters is 1. The summed E-state index contributed by atoms with van der Waals surface area (Å²) in [4.78, 5) is 11.8. The van der Waals surface area contributed by atoms with E-state index in [1.165, 1.54) is 0 Å². The van der Waals surface area contributed by atoms with Crippen LogP contribution in [0.15, 0.2) is 22.8 Å². The lowest BCUT2D eigenvalue weighted by molar-refractivity contribution is 0.0451. The highest BCUT2D eigenvalue weighted by atomic mass is 16.5. The van der Waals surface area contributed by atoms with Gasteiger partial charge in [-0.3, -0.25) is 0 Å². The molecule has 6 nitrogen and oxygen atoms in total. The van der Waals surface area contributed by atoms with Gasteiger partial charge >= 0.3 is 5.97 Å². The van der Waals surface area contributed by atoms with Crippen molar-refractivity contribution < 1.29 is 13.9 Å². The molecule has 0 radical (unpaired) electrons. The minimum atomic E-state index is -0.433. The number of carbonyl (C=O) groups excluding carboxylic acids is 1. The smallest absolute Gasteiger partial charge is 0.360 e. The van der Waals surface area contributed by atoms with Crippen molar-refractivity contribution in [1.82, 2.24) is 15.0 Å². The highest BCUT2D eigenvalue weighted by Crippen LogP contribution is 2.10. The third-order valence-corrected chi connectivity index (χ3v) is 2.61. The van der Waals surface area contributed by atoms with E-state index in [4.69, 9.17) is 9.15 Å². The van der Waals surface area contributed by atoms with Gasteiger partial charge < -0.3 is 9.15 Å². The van der Waals surface area contributed by atoms with E-state index in [-0.39, 0.29) is 5.69 Å². The molecule has 0 aliphatic carbocycles. The van der Waals surface area contributed by atoms with Gasteiger partial charge in [0.15, 0.2) is 5.69 Å². The van der Waals surface area contributed by atoms with Crippen molar-refractivity contribution in [3.05, 3.63) is 35.5 Å². The van der Waals surface area contributed by atoms with Gasteiger partial charge in [0.05, 0.1) is 18.6 Å². The maximum absolute atomic E-state index is 11.8. The van der Waals surface area contributed by atoms with Crippen LogP contribution >= 0.6 is 0 Å². The van der Waals surface area contributed by atoms with Gasteiger partial charge in [0.1, 0.15) is 12.3 Å². The third-order valence-electron chi connectivity index (χ3n) is 2.61. The molecule has 0 spiro atoms. The Hall–Kier alpha value is -2.11. The van der Waals surface area contributed by atoms with E-state index in [0.29, 0.717) is 24.8 Å². The van der Waals surface area contributed by atoms with Crippen molar-refractivity contribution in [3.63, 3.8) is 0 Å². The molecular weight excluding hydrogens is 246 g/mol. The quantitative estimate of drug-likeness (QED) is 0.772. The Bertz CT molecular complexity index is 543. The number of ether oxygens (including phenoxy) is 1. The molecule has 0 saturated heterocycles. The number of nitrogens with zero attached hydrogens (tertiary/aromatic N) is 3. The topological polar surface area (TPSA) is 70.2 Å². The van der Waals surface area contributed by atoms with Gasteiger partial charge in [-0.1, -0.05) is 19.1 Å². The van der Waals surface area contributed by atoms with Crippen LogP contribution in [0.1, 0.15) is 35.8 Å². The summed E-state index contributed by atoms with van der Waals surface area (Å²) in [6.45, 7) is 6.57. The summed E-state index contributed by atoms with van der Waals surface area (Å²) >= 11 is 0. The predicted octanol–water partition coefficient (Wildman–Crippen LogP) is 2.04. The van der Waals surface area contributed by atoms with Crippen LogP contribution in [-0.4, -0.2) is 27.6 Å². The first kappa shape index (κ1) is 13.3. The second kappa shape index (κ2) is 5.69. The van der Waals surface area contributed by atoms with Crippen LogP contribution in [0.3, 0.4) is 0 Å². The normalized spacial score (nSPS) is 10.9. The predicted molar refractivity (Wildman–Crippen MR) is 67.7 cm³/mol. The highest BCUT2D eigenvalue weighted by Gasteiger charge is 2.18. The number of hydrogen-bond acceptors (Lipinski definition) is 5. The average molecular weight is 263 g/mol. The maximum Gasteiger partial charge on any atom is 0.360 e. The maximum atomic E-state index is 11.8. The van der Waals surface area contributed by atoms with Crippen LogP contribution in [0.2, 0.25) is 0 Å². The number of aromatic nitrogens is 3. The Morgan fingerprint density at radius 3 is 2.95 bits per heavy atom. The molecule has 0 aromatic carbocycles. The van der Waals surface area contributed by atoms with Gasteiger partial charge in [0.25, 0.3) is 0 Å². The lowest BCUT2D eigenvalue weighted by Gasteiger charge is -2.05. The van der Waals surface area contributed by atoms with Crippen molar-refractivity contribution in [1.29, 1.82) is 0 Å². The summed E-state index contributed by atoms with van der Waals surface area (Å²) < 4.78 is 12.0. The molecule has 6 heteroatoms. The minimum absolute atomic E-state index is 0.257. The zero-order valence-corrected chi connectivity index (χ0v) is 11.3. The Morgan fingerprint density at radius 1 is 1.53 bits per heavy atom. The molecule has 0 N–H and O–H groups in total. The zero-order chi connectivity index (χ0) is 13.8. The minimum Gasteiger partial charge on any atom is -0.467 e. The summed E-state index contributed by atoms with van der Waals surface area (Å²) in [5.74, 6) is 0.620. The lowest BCUT2D eigenvalue weighted by atomic mass is 10.2. The zero-order valence-electron chi connectivity index (χ0n) is 11.3. The van der Waals surface area contributed by atoms with E-state index < -0.39 is 5.97 Å². The standard InChI is InChI=1S/C13H17N3O3/c1-9(2)8-19-13(17)12-10(3)16(15-14-12)7-11-5-4-6-18-11/h4-6,9H,7-8H2,1-3H3. The number of rotatable bonds is 5. The van der Waals surface area contributed by atoms with E-state index in [1.54, 1.807) is 23.9 Å². The van der Waals surface area contributed by atoms with Crippen molar-refractivity contribution in [3.8, 4) is 0 Å². The van der Waals surface area contributed by atoms with Crippen molar-refractivity contribution in [2.45, 2.75) is 27.3 Å². The molecule has 0 atom stereocenters. The number of carbonyl (C=O) groups is 1. The Morgan fingerprint density at radius 2 is 2.32 bits per heavy atom. The van der Waals surface area contributed by atoms with Gasteiger partial charge in [0, 0.05) is 0 Å². The summed E-state index contributed by atoms with van der Waals surface area (Å²) in [6.07, 6.45) is 1.60. The van der Waals surface area contributed by atoms with E-state index in [9.17, 15) is 4.79 Å². The van der Waals surface area contributed by atoms with E-state index in [0.717, 1.165) is 5.76 Å². The Kier molecular flexibility index (Phi) is 3.99. The third kappa shape index (κ3) is 3.21. The number of furan rings is 1. The summed E-state index contributed by atoms with van der Waals surface area (Å²) in [5.41, 5.74) is 0.928. The van der Waals surface area contributed by atoms with Gasteiger partial charge in [0.2, 0.25) is 0 Å². The summed E-state index contributed by atoms with van der Waals surface area (Å²) in [6, 6.07) is 3.65. The number of hydrogen-bond donors (Lipinski definition) is 0. The van der Waals surface area contributed by atoms with Crippen LogP contribution in [0, 0.1) is 12.8 Å². The van der Waals surface area contributed by atoms with Crippen LogP contribution in [0.4, 0.5) is 0 Å². The van der Waals surface area contributed by atoms with Crippen molar-refractivity contribution in [2.75, 3.05) is 6.61 Å². The van der Waals surface area contributed by atoms with Crippen LogP contribution in [-0.2, 0) is 11.3 Å². The fourth-order valence-electron chi connectivity index (χ4n) is 1.56. The second-order valence-corrected chi connectivity index (χ2v) is 4.75. The van der Waals surface area contributed by atoms with Crippen LogP contribution < -0.4 is 0 Å². The monoisotopic (exact) mass is 263 g/mol. The van der Waals surface area contributed by atoms with Crippen LogP contribution in [0.5, 0.6) is 0 Å². The van der Waals surface area contributed by atoms with Gasteiger partial charge in [-0.15, -0.1) is 5.10 Å². The first-order valence-electron chi connectivity index (χ1n) is 6.17. The molecule has 102 valence electrons. The molecule has 0 amide bonds. The molecule has 0 aliphatic rings.